The van der Waals surface area contributed by atoms with Crippen LogP contribution in [0.2, 0.25) is 0 Å². The predicted octanol–water partition coefficient (Wildman–Crippen LogP) is 8.50. The number of amides is 1. The highest BCUT2D eigenvalue weighted by atomic mass is 19.1. The summed E-state index contributed by atoms with van der Waals surface area (Å²) in [6, 6.07) is 30.6. The molecule has 1 amide bonds. The number of nitrogens with zero attached hydrogens (tertiary/aromatic N) is 3. The molecule has 0 aliphatic carbocycles. The molecule has 0 unspecified atom stereocenters. The summed E-state index contributed by atoms with van der Waals surface area (Å²) in [4.78, 5) is 21.8. The number of hydrogen-bond acceptors (Lipinski definition) is 6. The van der Waals surface area contributed by atoms with Gasteiger partial charge in [0.05, 0.1) is 12.8 Å². The molecule has 1 aromatic heterocycles. The zero-order chi connectivity index (χ0) is 35.6. The number of pyridine rings is 1. The lowest BCUT2D eigenvalue weighted by Crippen LogP contribution is -2.47. The van der Waals surface area contributed by atoms with Crippen LogP contribution < -0.4 is 14.2 Å². The largest absolute Gasteiger partial charge is 0.493 e. The van der Waals surface area contributed by atoms with Crippen molar-refractivity contribution in [3.05, 3.63) is 154 Å². The average molecular weight is 686 g/mol. The summed E-state index contributed by atoms with van der Waals surface area (Å²) in [5.74, 6) is 2.34. The topological polar surface area (TPSA) is 64.1 Å². The minimum Gasteiger partial charge on any atom is -0.493 e. The predicted molar refractivity (Wildman–Crippen MR) is 199 cm³/mol. The third kappa shape index (κ3) is 10.3. The van der Waals surface area contributed by atoms with Gasteiger partial charge >= 0.3 is 0 Å². The van der Waals surface area contributed by atoms with E-state index in [1.54, 1.807) is 24.4 Å². The Bertz CT molecular complexity index is 1890. The molecule has 0 N–H and O–H groups in total. The van der Waals surface area contributed by atoms with Crippen molar-refractivity contribution in [2.24, 2.45) is 0 Å². The molecule has 0 radical (unpaired) electrons. The summed E-state index contributed by atoms with van der Waals surface area (Å²) >= 11 is 0. The van der Waals surface area contributed by atoms with Gasteiger partial charge in [0, 0.05) is 51.3 Å². The van der Waals surface area contributed by atoms with E-state index in [1.165, 1.54) is 28.8 Å². The molecule has 51 heavy (non-hydrogen) atoms. The van der Waals surface area contributed by atoms with Crippen molar-refractivity contribution < 1.29 is 23.4 Å². The second kappa shape index (κ2) is 17.0. The van der Waals surface area contributed by atoms with Gasteiger partial charge in [0.1, 0.15) is 29.7 Å². The Balaban J connectivity index is 0.931. The lowest BCUT2D eigenvalue weighted by atomic mass is 10.1. The van der Waals surface area contributed by atoms with Crippen molar-refractivity contribution in [2.45, 2.75) is 40.3 Å². The van der Waals surface area contributed by atoms with E-state index >= 15 is 0 Å². The van der Waals surface area contributed by atoms with Gasteiger partial charge in [-0.15, -0.1) is 0 Å². The molecule has 1 saturated heterocycles. The van der Waals surface area contributed by atoms with E-state index < -0.39 is 0 Å². The number of rotatable bonds is 13. The Hall–Kier alpha value is -5.47. The summed E-state index contributed by atoms with van der Waals surface area (Å²) in [5.41, 5.74) is 7.63. The number of carbonyl (C=O) groups excluding carboxylic acids is 1. The van der Waals surface area contributed by atoms with Crippen LogP contribution in [0.4, 0.5) is 4.39 Å². The molecule has 2 heterocycles. The molecule has 5 aromatic rings. The minimum absolute atomic E-state index is 0.0198. The van der Waals surface area contributed by atoms with E-state index in [-0.39, 0.29) is 11.7 Å². The van der Waals surface area contributed by atoms with Crippen LogP contribution in [0.3, 0.4) is 0 Å². The molecule has 0 spiro atoms. The van der Waals surface area contributed by atoms with Gasteiger partial charge < -0.3 is 19.1 Å². The second-order valence-corrected chi connectivity index (χ2v) is 13.0. The highest BCUT2D eigenvalue weighted by Crippen LogP contribution is 2.30. The fraction of sp³-hybridized carbons (Fsp3) is 0.256. The van der Waals surface area contributed by atoms with E-state index in [0.29, 0.717) is 43.7 Å². The maximum atomic E-state index is 13.1. The maximum Gasteiger partial charge on any atom is 0.246 e. The lowest BCUT2D eigenvalue weighted by Gasteiger charge is -2.34. The van der Waals surface area contributed by atoms with Gasteiger partial charge in [-0.3, -0.25) is 9.69 Å². The molecular weight excluding hydrogens is 641 g/mol. The van der Waals surface area contributed by atoms with Crippen LogP contribution in [0.15, 0.2) is 109 Å². The average Bonchev–Trinajstić information content (AvgIpc) is 3.14. The first kappa shape index (κ1) is 35.4. The Morgan fingerprint density at radius 3 is 2.08 bits per heavy atom. The molecule has 6 rings (SSSR count). The third-order valence-corrected chi connectivity index (χ3v) is 8.93. The number of aryl methyl sites for hydroxylation is 3. The number of aromatic nitrogens is 1. The first-order chi connectivity index (χ1) is 24.8. The van der Waals surface area contributed by atoms with E-state index in [4.69, 9.17) is 14.2 Å². The van der Waals surface area contributed by atoms with Crippen molar-refractivity contribution >= 4 is 12.0 Å². The van der Waals surface area contributed by atoms with E-state index in [2.05, 4.69) is 65.3 Å². The Labute approximate surface area is 299 Å². The van der Waals surface area contributed by atoms with Crippen molar-refractivity contribution in [2.75, 3.05) is 32.8 Å². The van der Waals surface area contributed by atoms with Crippen molar-refractivity contribution in [3.8, 4) is 23.1 Å². The summed E-state index contributed by atoms with van der Waals surface area (Å²) in [5, 5.41) is 0. The molecule has 7 nitrogen and oxygen atoms in total. The molecule has 0 atom stereocenters. The van der Waals surface area contributed by atoms with E-state index in [0.717, 1.165) is 54.1 Å². The van der Waals surface area contributed by atoms with Gasteiger partial charge in [-0.2, -0.15) is 0 Å². The van der Waals surface area contributed by atoms with Crippen molar-refractivity contribution in [1.82, 2.24) is 14.8 Å². The Kier molecular flexibility index (Phi) is 11.8. The fourth-order valence-corrected chi connectivity index (χ4v) is 6.00. The van der Waals surface area contributed by atoms with Crippen molar-refractivity contribution in [1.29, 1.82) is 0 Å². The molecule has 0 saturated carbocycles. The highest BCUT2D eigenvalue weighted by Gasteiger charge is 2.20. The van der Waals surface area contributed by atoms with Gasteiger partial charge in [-0.05, 0) is 103 Å². The fourth-order valence-electron chi connectivity index (χ4n) is 6.00. The summed E-state index contributed by atoms with van der Waals surface area (Å²) in [7, 11) is 0. The number of piperazine rings is 1. The quantitative estimate of drug-likeness (QED) is 0.116. The van der Waals surface area contributed by atoms with Crippen LogP contribution in [0.5, 0.6) is 23.1 Å². The zero-order valence-corrected chi connectivity index (χ0v) is 29.5. The molecule has 262 valence electrons. The van der Waals surface area contributed by atoms with Gasteiger partial charge in [-0.1, -0.05) is 54.1 Å². The van der Waals surface area contributed by atoms with E-state index in [9.17, 15) is 9.18 Å². The van der Waals surface area contributed by atoms with Gasteiger partial charge in [0.15, 0.2) is 0 Å². The Morgan fingerprint density at radius 1 is 0.765 bits per heavy atom. The number of benzene rings is 4. The maximum absolute atomic E-state index is 13.1. The normalized spacial score (nSPS) is 13.4. The molecule has 1 aliphatic heterocycles. The van der Waals surface area contributed by atoms with Crippen LogP contribution in [0, 0.1) is 26.6 Å². The first-order valence-corrected chi connectivity index (χ1v) is 17.4. The molecular formula is C43H44FN3O4. The highest BCUT2D eigenvalue weighted by molar-refractivity contribution is 5.92. The third-order valence-electron chi connectivity index (χ3n) is 8.93. The number of hydrogen-bond donors (Lipinski definition) is 0. The standard InChI is InChI=1S/C43H44FN3O4/c1-31-4-6-36(7-5-31)30-50-40-17-18-41(45-28-40)51-43-32(2)26-37(27-33(43)3)12-19-42(48)47-23-21-46(22-24-47)29-35-10-8-34(9-11-35)20-25-49-39-15-13-38(44)14-16-39/h4-19,26-28H,20-25,29-30H2,1-3H3/b19-12+. The van der Waals surface area contributed by atoms with Crippen LogP contribution in [-0.2, 0) is 24.4 Å². The zero-order valence-electron chi connectivity index (χ0n) is 29.5. The first-order valence-electron chi connectivity index (χ1n) is 17.4. The smallest absolute Gasteiger partial charge is 0.246 e. The summed E-state index contributed by atoms with van der Waals surface area (Å²) < 4.78 is 30.8. The monoisotopic (exact) mass is 685 g/mol. The minimum atomic E-state index is -0.268. The van der Waals surface area contributed by atoms with Crippen LogP contribution in [0.25, 0.3) is 6.08 Å². The molecule has 4 aromatic carbocycles. The molecule has 8 heteroatoms. The van der Waals surface area contributed by atoms with Crippen LogP contribution in [-0.4, -0.2) is 53.5 Å². The van der Waals surface area contributed by atoms with Gasteiger partial charge in [-0.25, -0.2) is 9.37 Å². The van der Waals surface area contributed by atoms with Gasteiger partial charge in [0.25, 0.3) is 0 Å². The lowest BCUT2D eigenvalue weighted by molar-refractivity contribution is -0.127. The molecule has 1 aliphatic rings. The number of halogens is 1. The number of carbonyl (C=O) groups is 1. The van der Waals surface area contributed by atoms with E-state index in [1.807, 2.05) is 49.1 Å². The second-order valence-electron chi connectivity index (χ2n) is 13.0. The van der Waals surface area contributed by atoms with Crippen LogP contribution >= 0.6 is 0 Å². The van der Waals surface area contributed by atoms with Crippen LogP contribution in [0.1, 0.15) is 38.9 Å². The Morgan fingerprint density at radius 2 is 1.41 bits per heavy atom. The number of ether oxygens (including phenoxy) is 3. The summed E-state index contributed by atoms with van der Waals surface area (Å²) in [6.45, 7) is 10.9. The molecule has 1 fully saturated rings. The van der Waals surface area contributed by atoms with Gasteiger partial charge in [0.2, 0.25) is 11.8 Å². The summed E-state index contributed by atoms with van der Waals surface area (Å²) in [6.07, 6.45) is 6.00. The van der Waals surface area contributed by atoms with Crippen molar-refractivity contribution in [3.63, 3.8) is 0 Å². The SMILES string of the molecule is Cc1ccc(COc2ccc(Oc3c(C)cc(/C=C/C(=O)N4CCN(Cc5ccc(CCOc6ccc(F)cc6)cc5)CC4)cc3C)nc2)cc1. The molecule has 0 bridgehead atoms.